The smallest absolute Gasteiger partial charge is 0.306 e. The van der Waals surface area contributed by atoms with Crippen molar-refractivity contribution in [3.05, 3.63) is 29.6 Å². The minimum atomic E-state index is -0.260. The Balaban J connectivity index is 2.31. The van der Waals surface area contributed by atoms with Gasteiger partial charge in [0.2, 0.25) is 0 Å². The van der Waals surface area contributed by atoms with Crippen molar-refractivity contribution in [2.24, 2.45) is 0 Å². The zero-order valence-electron chi connectivity index (χ0n) is 10.00. The molecular weight excluding hydrogens is 221 g/mol. The van der Waals surface area contributed by atoms with E-state index in [0.717, 1.165) is 12.0 Å². The molecule has 3 nitrogen and oxygen atoms in total. The molecule has 1 N–H and O–H groups in total. The van der Waals surface area contributed by atoms with E-state index in [1.54, 1.807) is 6.07 Å². The van der Waals surface area contributed by atoms with Crippen molar-refractivity contribution in [2.45, 2.75) is 31.7 Å². The van der Waals surface area contributed by atoms with E-state index in [-0.39, 0.29) is 23.7 Å². The number of para-hydroxylation sites is 1. The van der Waals surface area contributed by atoms with Crippen LogP contribution in [0.4, 0.5) is 10.1 Å². The van der Waals surface area contributed by atoms with Crippen LogP contribution in [-0.4, -0.2) is 19.1 Å². The predicted molar refractivity (Wildman–Crippen MR) is 63.5 cm³/mol. The minimum Gasteiger partial charge on any atom is -0.469 e. The van der Waals surface area contributed by atoms with Crippen molar-refractivity contribution < 1.29 is 13.9 Å². The molecule has 0 spiro atoms. The van der Waals surface area contributed by atoms with Crippen molar-refractivity contribution in [3.8, 4) is 0 Å². The number of methoxy groups -OCH3 is 1. The van der Waals surface area contributed by atoms with E-state index in [1.807, 2.05) is 13.0 Å². The quantitative estimate of drug-likeness (QED) is 0.804. The van der Waals surface area contributed by atoms with Crippen molar-refractivity contribution in [1.29, 1.82) is 0 Å². The lowest BCUT2D eigenvalue weighted by Crippen LogP contribution is -2.27. The molecule has 0 radical (unpaired) electrons. The van der Waals surface area contributed by atoms with E-state index < -0.39 is 0 Å². The molecule has 0 amide bonds. The van der Waals surface area contributed by atoms with Crippen molar-refractivity contribution in [1.82, 2.24) is 0 Å². The number of hydrogen-bond acceptors (Lipinski definition) is 3. The second-order valence-corrected chi connectivity index (χ2v) is 4.46. The van der Waals surface area contributed by atoms with Crippen molar-refractivity contribution >= 4 is 11.7 Å². The number of fused-ring (bicyclic) bond motifs is 1. The lowest BCUT2D eigenvalue weighted by molar-refractivity contribution is -0.141. The third-order valence-corrected chi connectivity index (χ3v) is 3.16. The molecule has 4 heteroatoms. The molecular formula is C13H16FNO2. The highest BCUT2D eigenvalue weighted by Gasteiger charge is 2.28. The molecule has 1 aromatic carbocycles. The van der Waals surface area contributed by atoms with Gasteiger partial charge in [-0.15, -0.1) is 0 Å². The molecule has 2 rings (SSSR count). The van der Waals surface area contributed by atoms with Gasteiger partial charge in [-0.2, -0.15) is 0 Å². The van der Waals surface area contributed by atoms with Crippen LogP contribution in [0, 0.1) is 5.82 Å². The summed E-state index contributed by atoms with van der Waals surface area (Å²) in [6.45, 7) is 1.99. The summed E-state index contributed by atoms with van der Waals surface area (Å²) >= 11 is 0. The summed E-state index contributed by atoms with van der Waals surface area (Å²) in [7, 11) is 1.37. The van der Waals surface area contributed by atoms with Crippen LogP contribution < -0.4 is 5.32 Å². The van der Waals surface area contributed by atoms with Crippen molar-refractivity contribution in [2.75, 3.05) is 12.4 Å². The molecule has 17 heavy (non-hydrogen) atoms. The van der Waals surface area contributed by atoms with Gasteiger partial charge in [0, 0.05) is 6.04 Å². The first-order valence-electron chi connectivity index (χ1n) is 5.73. The maximum Gasteiger partial charge on any atom is 0.306 e. The van der Waals surface area contributed by atoms with Gasteiger partial charge in [0.05, 0.1) is 19.2 Å². The molecule has 0 aromatic heterocycles. The van der Waals surface area contributed by atoms with Crippen LogP contribution in [0.1, 0.15) is 31.2 Å². The largest absolute Gasteiger partial charge is 0.469 e. The average Bonchev–Trinajstić information content (AvgIpc) is 2.30. The first-order valence-corrected chi connectivity index (χ1v) is 5.73. The lowest BCUT2D eigenvalue weighted by atomic mass is 9.85. The van der Waals surface area contributed by atoms with Gasteiger partial charge in [-0.05, 0) is 30.9 Å². The van der Waals surface area contributed by atoms with Gasteiger partial charge in [0.1, 0.15) is 5.82 Å². The Morgan fingerprint density at radius 2 is 2.35 bits per heavy atom. The molecule has 2 unspecified atom stereocenters. The van der Waals surface area contributed by atoms with Crippen LogP contribution in [0.25, 0.3) is 0 Å². The van der Waals surface area contributed by atoms with Crippen LogP contribution in [0.3, 0.4) is 0 Å². The molecule has 0 aliphatic carbocycles. The molecule has 0 bridgehead atoms. The van der Waals surface area contributed by atoms with Gasteiger partial charge >= 0.3 is 5.97 Å². The highest BCUT2D eigenvalue weighted by molar-refractivity contribution is 5.71. The first kappa shape index (κ1) is 11.9. The van der Waals surface area contributed by atoms with Gasteiger partial charge < -0.3 is 10.1 Å². The Bertz CT molecular complexity index is 433. The van der Waals surface area contributed by atoms with Crippen LogP contribution in [0.5, 0.6) is 0 Å². The van der Waals surface area contributed by atoms with Gasteiger partial charge in [0.15, 0.2) is 0 Å². The summed E-state index contributed by atoms with van der Waals surface area (Å²) in [5.74, 6) is -0.479. The number of hydrogen-bond donors (Lipinski definition) is 1. The molecule has 0 fully saturated rings. The zero-order valence-corrected chi connectivity index (χ0v) is 10.00. The van der Waals surface area contributed by atoms with E-state index >= 15 is 0 Å². The van der Waals surface area contributed by atoms with E-state index in [1.165, 1.54) is 13.2 Å². The number of ether oxygens (including phenoxy) is 1. The summed E-state index contributed by atoms with van der Waals surface area (Å²) in [6.07, 6.45) is 1.12. The number of carbonyl (C=O) groups excluding carboxylic acids is 1. The van der Waals surface area contributed by atoms with Crippen LogP contribution in [0.15, 0.2) is 18.2 Å². The Morgan fingerprint density at radius 1 is 1.59 bits per heavy atom. The number of halogens is 1. The van der Waals surface area contributed by atoms with E-state index in [0.29, 0.717) is 12.1 Å². The number of rotatable bonds is 2. The monoisotopic (exact) mass is 237 g/mol. The third-order valence-electron chi connectivity index (χ3n) is 3.16. The molecule has 0 saturated carbocycles. The molecule has 1 heterocycles. The third kappa shape index (κ3) is 2.40. The second kappa shape index (κ2) is 4.73. The summed E-state index contributed by atoms with van der Waals surface area (Å²) in [4.78, 5) is 11.3. The number of esters is 1. The summed E-state index contributed by atoms with van der Waals surface area (Å²) in [5.41, 5.74) is 1.40. The van der Waals surface area contributed by atoms with Crippen molar-refractivity contribution in [3.63, 3.8) is 0 Å². The van der Waals surface area contributed by atoms with E-state index in [2.05, 4.69) is 10.1 Å². The minimum absolute atomic E-state index is 0.0319. The zero-order chi connectivity index (χ0) is 12.4. The summed E-state index contributed by atoms with van der Waals surface area (Å²) < 4.78 is 18.3. The summed E-state index contributed by atoms with van der Waals surface area (Å²) in [6, 6.07) is 5.13. The first-order chi connectivity index (χ1) is 8.11. The Morgan fingerprint density at radius 3 is 3.06 bits per heavy atom. The van der Waals surface area contributed by atoms with Gasteiger partial charge in [-0.3, -0.25) is 4.79 Å². The molecule has 1 aromatic rings. The number of anilines is 1. The SMILES string of the molecule is COC(=O)CC1CC(C)Nc2c(F)cccc21. The molecule has 1 aliphatic rings. The van der Waals surface area contributed by atoms with Crippen LogP contribution in [-0.2, 0) is 9.53 Å². The topological polar surface area (TPSA) is 38.3 Å². The fraction of sp³-hybridized carbons (Fsp3) is 0.462. The molecule has 92 valence electrons. The maximum absolute atomic E-state index is 13.7. The fourth-order valence-electron chi connectivity index (χ4n) is 2.37. The molecule has 2 atom stereocenters. The number of carbonyl (C=O) groups is 1. The fourth-order valence-corrected chi connectivity index (χ4v) is 2.37. The molecule has 1 aliphatic heterocycles. The predicted octanol–water partition coefficient (Wildman–Crippen LogP) is 2.68. The Kier molecular flexibility index (Phi) is 3.31. The van der Waals surface area contributed by atoms with Gasteiger partial charge in [-0.1, -0.05) is 12.1 Å². The van der Waals surface area contributed by atoms with Crippen LogP contribution in [0.2, 0.25) is 0 Å². The highest BCUT2D eigenvalue weighted by atomic mass is 19.1. The number of nitrogens with one attached hydrogen (secondary N) is 1. The summed E-state index contributed by atoms with van der Waals surface area (Å²) in [5, 5.41) is 3.12. The number of benzene rings is 1. The average molecular weight is 237 g/mol. The van der Waals surface area contributed by atoms with E-state index in [4.69, 9.17) is 0 Å². The lowest BCUT2D eigenvalue weighted by Gasteiger charge is -2.31. The highest BCUT2D eigenvalue weighted by Crippen LogP contribution is 2.37. The van der Waals surface area contributed by atoms with E-state index in [9.17, 15) is 9.18 Å². The normalized spacial score (nSPS) is 22.5. The van der Waals surface area contributed by atoms with Crippen LogP contribution >= 0.6 is 0 Å². The Labute approximate surface area is 100.0 Å². The molecule has 0 saturated heterocycles. The van der Waals surface area contributed by atoms with Gasteiger partial charge in [-0.25, -0.2) is 4.39 Å². The maximum atomic E-state index is 13.7. The Hall–Kier alpha value is -1.58. The van der Waals surface area contributed by atoms with Gasteiger partial charge in [0.25, 0.3) is 0 Å². The second-order valence-electron chi connectivity index (χ2n) is 4.46. The standard InChI is InChI=1S/C13H16FNO2/c1-8-6-9(7-12(16)17-2)10-4-3-5-11(14)13(10)15-8/h3-5,8-9,15H,6-7H2,1-2H3.